The monoisotopic (exact) mass is 287 g/mol. The highest BCUT2D eigenvalue weighted by atomic mass is 35.5. The second kappa shape index (κ2) is 6.98. The van der Waals surface area contributed by atoms with Gasteiger partial charge < -0.3 is 19.9 Å². The van der Waals surface area contributed by atoms with E-state index in [9.17, 15) is 5.11 Å². The van der Waals surface area contributed by atoms with Crippen LogP contribution in [0.15, 0.2) is 12.1 Å². The van der Waals surface area contributed by atoms with Gasteiger partial charge in [-0.2, -0.15) is 0 Å². The molecule has 0 fully saturated rings. The predicted octanol–water partition coefficient (Wildman–Crippen LogP) is 2.61. The third-order valence-electron chi connectivity index (χ3n) is 2.44. The lowest BCUT2D eigenvalue weighted by Gasteiger charge is -2.20. The molecule has 0 amide bonds. The number of ether oxygens (including phenoxy) is 2. The summed E-state index contributed by atoms with van der Waals surface area (Å²) in [6, 6.07) is 3.72. The van der Waals surface area contributed by atoms with E-state index in [1.807, 2.05) is 19.1 Å². The first-order chi connectivity index (χ1) is 8.87. The van der Waals surface area contributed by atoms with Gasteiger partial charge in [-0.1, -0.05) is 18.5 Å². The summed E-state index contributed by atoms with van der Waals surface area (Å²) >= 11 is 6.21. The highest BCUT2D eigenvalue weighted by Crippen LogP contribution is 2.36. The fraction of sp³-hybridized carbons (Fsp3) is 0.571. The van der Waals surface area contributed by atoms with E-state index >= 15 is 0 Å². The van der Waals surface area contributed by atoms with Gasteiger partial charge >= 0.3 is 0 Å². The van der Waals surface area contributed by atoms with Crippen molar-refractivity contribution in [3.05, 3.63) is 22.7 Å². The average Bonchev–Trinajstić information content (AvgIpc) is 2.33. The topological polar surface area (TPSA) is 50.7 Å². The van der Waals surface area contributed by atoms with Crippen LogP contribution >= 0.6 is 11.6 Å². The molecular weight excluding hydrogens is 266 g/mol. The number of rotatable bonds is 7. The summed E-state index contributed by atoms with van der Waals surface area (Å²) in [6.07, 6.45) is 0. The Balaban J connectivity index is 2.91. The summed E-state index contributed by atoms with van der Waals surface area (Å²) in [4.78, 5) is 0. The van der Waals surface area contributed by atoms with Crippen LogP contribution in [0, 0.1) is 0 Å². The van der Waals surface area contributed by atoms with Crippen LogP contribution in [-0.4, -0.2) is 31.0 Å². The van der Waals surface area contributed by atoms with E-state index in [0.29, 0.717) is 16.5 Å². The quantitative estimate of drug-likeness (QED) is 0.809. The number of aliphatic hydroxyl groups is 1. The Hall–Kier alpha value is -0.970. The van der Waals surface area contributed by atoms with Gasteiger partial charge in [0.15, 0.2) is 11.5 Å². The standard InChI is InChI=1S/C14H22ClNO3/c1-5-16-8-10-6-11(15)13(12(7-10)18-4)19-9-14(2,3)17/h6-7,16-17H,5,8-9H2,1-4H3. The molecule has 108 valence electrons. The minimum Gasteiger partial charge on any atom is -0.493 e. The van der Waals surface area contributed by atoms with E-state index in [0.717, 1.165) is 18.7 Å². The van der Waals surface area contributed by atoms with Crippen LogP contribution in [0.25, 0.3) is 0 Å². The molecule has 0 saturated carbocycles. The number of halogens is 1. The van der Waals surface area contributed by atoms with Crippen molar-refractivity contribution in [3.63, 3.8) is 0 Å². The van der Waals surface area contributed by atoms with Crippen molar-refractivity contribution in [1.29, 1.82) is 0 Å². The van der Waals surface area contributed by atoms with E-state index in [1.54, 1.807) is 21.0 Å². The molecule has 1 rings (SSSR count). The molecule has 0 saturated heterocycles. The lowest BCUT2D eigenvalue weighted by atomic mass is 10.1. The van der Waals surface area contributed by atoms with Gasteiger partial charge in [0, 0.05) is 6.54 Å². The SMILES string of the molecule is CCNCc1cc(Cl)c(OCC(C)(C)O)c(OC)c1. The molecule has 0 aliphatic carbocycles. The summed E-state index contributed by atoms with van der Waals surface area (Å²) in [5.41, 5.74) is 0.107. The molecule has 19 heavy (non-hydrogen) atoms. The lowest BCUT2D eigenvalue weighted by molar-refractivity contribution is 0.0276. The van der Waals surface area contributed by atoms with Crippen LogP contribution in [0.5, 0.6) is 11.5 Å². The molecule has 0 aliphatic rings. The molecule has 5 heteroatoms. The molecule has 0 unspecified atom stereocenters. The van der Waals surface area contributed by atoms with Crippen LogP contribution in [0.2, 0.25) is 5.02 Å². The summed E-state index contributed by atoms with van der Waals surface area (Å²) in [5, 5.41) is 13.4. The molecule has 0 heterocycles. The van der Waals surface area contributed by atoms with Crippen molar-refractivity contribution < 1.29 is 14.6 Å². The number of benzene rings is 1. The van der Waals surface area contributed by atoms with Gasteiger partial charge in [-0.05, 0) is 38.1 Å². The highest BCUT2D eigenvalue weighted by Gasteiger charge is 2.18. The molecular formula is C14H22ClNO3. The lowest BCUT2D eigenvalue weighted by Crippen LogP contribution is -2.28. The summed E-state index contributed by atoms with van der Waals surface area (Å²) in [5.74, 6) is 1.04. The van der Waals surface area contributed by atoms with Crippen molar-refractivity contribution in [1.82, 2.24) is 5.32 Å². The average molecular weight is 288 g/mol. The van der Waals surface area contributed by atoms with Gasteiger partial charge in [-0.3, -0.25) is 0 Å². The first kappa shape index (κ1) is 16.1. The Labute approximate surface area is 119 Å². The van der Waals surface area contributed by atoms with Crippen LogP contribution in [-0.2, 0) is 6.54 Å². The van der Waals surface area contributed by atoms with Crippen molar-refractivity contribution in [2.75, 3.05) is 20.3 Å². The number of methoxy groups -OCH3 is 1. The molecule has 0 bridgehead atoms. The first-order valence-electron chi connectivity index (χ1n) is 6.29. The second-order valence-corrected chi connectivity index (χ2v) is 5.40. The summed E-state index contributed by atoms with van der Waals surface area (Å²) < 4.78 is 10.8. The fourth-order valence-electron chi connectivity index (χ4n) is 1.53. The van der Waals surface area contributed by atoms with E-state index in [2.05, 4.69) is 5.32 Å². The van der Waals surface area contributed by atoms with Crippen molar-refractivity contribution in [2.45, 2.75) is 32.9 Å². The third-order valence-corrected chi connectivity index (χ3v) is 2.72. The van der Waals surface area contributed by atoms with Gasteiger partial charge in [0.05, 0.1) is 17.7 Å². The zero-order valence-corrected chi connectivity index (χ0v) is 12.7. The van der Waals surface area contributed by atoms with E-state index in [-0.39, 0.29) is 6.61 Å². The van der Waals surface area contributed by atoms with E-state index in [4.69, 9.17) is 21.1 Å². The Morgan fingerprint density at radius 2 is 2.05 bits per heavy atom. The van der Waals surface area contributed by atoms with Crippen molar-refractivity contribution >= 4 is 11.6 Å². The number of nitrogens with one attached hydrogen (secondary N) is 1. The molecule has 0 atom stereocenters. The molecule has 1 aromatic carbocycles. The van der Waals surface area contributed by atoms with Gasteiger partial charge in [-0.25, -0.2) is 0 Å². The molecule has 0 spiro atoms. The normalized spacial score (nSPS) is 11.5. The maximum atomic E-state index is 9.69. The second-order valence-electron chi connectivity index (χ2n) is 4.99. The predicted molar refractivity (Wildman–Crippen MR) is 77.2 cm³/mol. The zero-order valence-electron chi connectivity index (χ0n) is 11.9. The molecule has 4 nitrogen and oxygen atoms in total. The van der Waals surface area contributed by atoms with Crippen molar-refractivity contribution in [2.24, 2.45) is 0 Å². The van der Waals surface area contributed by atoms with Crippen molar-refractivity contribution in [3.8, 4) is 11.5 Å². The Morgan fingerprint density at radius 3 is 2.58 bits per heavy atom. The zero-order chi connectivity index (χ0) is 14.5. The van der Waals surface area contributed by atoms with Crippen LogP contribution < -0.4 is 14.8 Å². The maximum Gasteiger partial charge on any atom is 0.179 e. The third kappa shape index (κ3) is 5.27. The fourth-order valence-corrected chi connectivity index (χ4v) is 1.82. The van der Waals surface area contributed by atoms with Crippen LogP contribution in [0.3, 0.4) is 0 Å². The minimum atomic E-state index is -0.920. The molecule has 0 aromatic heterocycles. The molecule has 1 aromatic rings. The smallest absolute Gasteiger partial charge is 0.179 e. The van der Waals surface area contributed by atoms with Crippen LogP contribution in [0.4, 0.5) is 0 Å². The Kier molecular flexibility index (Phi) is 5.91. The van der Waals surface area contributed by atoms with Gasteiger partial charge in [0.25, 0.3) is 0 Å². The molecule has 2 N–H and O–H groups in total. The maximum absolute atomic E-state index is 9.69. The Bertz CT molecular complexity index is 416. The minimum absolute atomic E-state index is 0.148. The number of hydrogen-bond donors (Lipinski definition) is 2. The molecule has 0 radical (unpaired) electrons. The Morgan fingerprint density at radius 1 is 1.37 bits per heavy atom. The van der Waals surface area contributed by atoms with Crippen LogP contribution in [0.1, 0.15) is 26.3 Å². The van der Waals surface area contributed by atoms with E-state index < -0.39 is 5.60 Å². The van der Waals surface area contributed by atoms with Gasteiger partial charge in [0.2, 0.25) is 0 Å². The number of hydrogen-bond acceptors (Lipinski definition) is 4. The summed E-state index contributed by atoms with van der Waals surface area (Å²) in [6.45, 7) is 7.14. The van der Waals surface area contributed by atoms with Gasteiger partial charge in [-0.15, -0.1) is 0 Å². The van der Waals surface area contributed by atoms with E-state index in [1.165, 1.54) is 0 Å². The first-order valence-corrected chi connectivity index (χ1v) is 6.67. The largest absolute Gasteiger partial charge is 0.493 e. The highest BCUT2D eigenvalue weighted by molar-refractivity contribution is 6.32. The summed E-state index contributed by atoms with van der Waals surface area (Å²) in [7, 11) is 1.57. The van der Waals surface area contributed by atoms with Gasteiger partial charge in [0.1, 0.15) is 6.61 Å². The molecule has 0 aliphatic heterocycles.